The molecule has 2 atom stereocenters. The molecule has 1 aliphatic heterocycles. The highest BCUT2D eigenvalue weighted by atomic mass is 32.2. The smallest absolute Gasteiger partial charge is 0.243 e. The molecule has 1 aliphatic rings. The van der Waals surface area contributed by atoms with Gasteiger partial charge in [0.2, 0.25) is 5.89 Å². The van der Waals surface area contributed by atoms with Gasteiger partial charge < -0.3 is 10.3 Å². The Kier molecular flexibility index (Phi) is 3.08. The molecule has 2 N–H and O–H groups in total. The van der Waals surface area contributed by atoms with Crippen LogP contribution in [0.4, 0.5) is 0 Å². The van der Waals surface area contributed by atoms with E-state index in [-0.39, 0.29) is 6.04 Å². The van der Waals surface area contributed by atoms with Crippen molar-refractivity contribution in [1.29, 1.82) is 0 Å². The molecule has 78 valence electrons. The van der Waals surface area contributed by atoms with Crippen molar-refractivity contribution < 1.29 is 4.52 Å². The lowest BCUT2D eigenvalue weighted by Crippen LogP contribution is -2.07. The lowest BCUT2D eigenvalue weighted by molar-refractivity contribution is 0.356. The van der Waals surface area contributed by atoms with E-state index in [1.807, 2.05) is 18.7 Å². The van der Waals surface area contributed by atoms with Gasteiger partial charge in [-0.25, -0.2) is 0 Å². The van der Waals surface area contributed by atoms with E-state index in [0.717, 1.165) is 12.2 Å². The molecule has 2 heterocycles. The van der Waals surface area contributed by atoms with Crippen LogP contribution in [-0.2, 0) is 0 Å². The van der Waals surface area contributed by atoms with Crippen molar-refractivity contribution in [2.45, 2.75) is 37.5 Å². The quantitative estimate of drug-likeness (QED) is 0.814. The maximum Gasteiger partial charge on any atom is 0.243 e. The van der Waals surface area contributed by atoms with Gasteiger partial charge in [0, 0.05) is 0 Å². The first-order valence-electron chi connectivity index (χ1n) is 4.98. The summed E-state index contributed by atoms with van der Waals surface area (Å²) in [4.78, 5) is 4.31. The standard InChI is InChI=1S/C9H15N3OS/c1-6(10)9-11-8(12-13-9)7-4-2-3-5-14-7/h6-7H,2-5,10H2,1H3. The third-order valence-electron chi connectivity index (χ3n) is 2.31. The van der Waals surface area contributed by atoms with Crippen molar-refractivity contribution in [3.05, 3.63) is 11.7 Å². The van der Waals surface area contributed by atoms with Gasteiger partial charge in [-0.15, -0.1) is 0 Å². The first kappa shape index (κ1) is 9.98. The molecule has 2 rings (SSSR count). The Labute approximate surface area is 87.6 Å². The van der Waals surface area contributed by atoms with Gasteiger partial charge in [-0.2, -0.15) is 16.7 Å². The van der Waals surface area contributed by atoms with Crippen LogP contribution in [-0.4, -0.2) is 15.9 Å². The molecule has 0 aliphatic carbocycles. The van der Waals surface area contributed by atoms with Crippen molar-refractivity contribution in [2.24, 2.45) is 5.73 Å². The second-order valence-electron chi connectivity index (χ2n) is 3.63. The van der Waals surface area contributed by atoms with Crippen LogP contribution in [0.3, 0.4) is 0 Å². The fourth-order valence-corrected chi connectivity index (χ4v) is 2.74. The highest BCUT2D eigenvalue weighted by Gasteiger charge is 2.22. The molecule has 0 aromatic carbocycles. The summed E-state index contributed by atoms with van der Waals surface area (Å²) in [7, 11) is 0. The highest BCUT2D eigenvalue weighted by Crippen LogP contribution is 2.36. The van der Waals surface area contributed by atoms with E-state index in [1.54, 1.807) is 0 Å². The van der Waals surface area contributed by atoms with Gasteiger partial charge in [-0.05, 0) is 25.5 Å². The third kappa shape index (κ3) is 2.09. The predicted molar refractivity (Wildman–Crippen MR) is 56.0 cm³/mol. The molecule has 1 fully saturated rings. The maximum atomic E-state index is 5.65. The average molecular weight is 213 g/mol. The van der Waals surface area contributed by atoms with Crippen molar-refractivity contribution in [2.75, 3.05) is 5.75 Å². The fraction of sp³-hybridized carbons (Fsp3) is 0.778. The second kappa shape index (κ2) is 4.31. The van der Waals surface area contributed by atoms with Gasteiger partial charge in [-0.1, -0.05) is 11.6 Å². The van der Waals surface area contributed by atoms with E-state index in [2.05, 4.69) is 10.1 Å². The van der Waals surface area contributed by atoms with Crippen LogP contribution in [0, 0.1) is 0 Å². The van der Waals surface area contributed by atoms with E-state index in [0.29, 0.717) is 11.1 Å². The predicted octanol–water partition coefficient (Wildman–Crippen LogP) is 2.05. The van der Waals surface area contributed by atoms with E-state index >= 15 is 0 Å². The van der Waals surface area contributed by atoms with Gasteiger partial charge >= 0.3 is 0 Å². The molecular formula is C9H15N3OS. The summed E-state index contributed by atoms with van der Waals surface area (Å²) in [5, 5.41) is 4.39. The summed E-state index contributed by atoms with van der Waals surface area (Å²) in [5.74, 6) is 2.57. The number of nitrogens with zero attached hydrogens (tertiary/aromatic N) is 2. The van der Waals surface area contributed by atoms with Crippen LogP contribution >= 0.6 is 11.8 Å². The van der Waals surface area contributed by atoms with Gasteiger partial charge in [0.05, 0.1) is 11.3 Å². The summed E-state index contributed by atoms with van der Waals surface area (Å²) >= 11 is 1.92. The Balaban J connectivity index is 2.07. The van der Waals surface area contributed by atoms with Crippen LogP contribution in [0.5, 0.6) is 0 Å². The van der Waals surface area contributed by atoms with Crippen molar-refractivity contribution in [3.8, 4) is 0 Å². The minimum Gasteiger partial charge on any atom is -0.338 e. The third-order valence-corrected chi connectivity index (χ3v) is 3.69. The van der Waals surface area contributed by atoms with E-state index in [9.17, 15) is 0 Å². The minimum atomic E-state index is -0.162. The van der Waals surface area contributed by atoms with Crippen molar-refractivity contribution in [3.63, 3.8) is 0 Å². The van der Waals surface area contributed by atoms with Gasteiger partial charge in [0.15, 0.2) is 5.82 Å². The van der Waals surface area contributed by atoms with Crippen molar-refractivity contribution >= 4 is 11.8 Å². The SMILES string of the molecule is CC(N)c1nc(C2CCCCS2)no1. The Morgan fingerprint density at radius 1 is 1.57 bits per heavy atom. The monoisotopic (exact) mass is 213 g/mol. The summed E-state index contributed by atoms with van der Waals surface area (Å²) < 4.78 is 5.08. The lowest BCUT2D eigenvalue weighted by atomic mass is 10.2. The molecule has 5 heteroatoms. The number of hydrogen-bond donors (Lipinski definition) is 1. The molecular weight excluding hydrogens is 198 g/mol. The van der Waals surface area contributed by atoms with Crippen LogP contribution < -0.4 is 5.73 Å². The van der Waals surface area contributed by atoms with Gasteiger partial charge in [-0.3, -0.25) is 0 Å². The molecule has 4 nitrogen and oxygen atoms in total. The van der Waals surface area contributed by atoms with E-state index < -0.39 is 0 Å². The largest absolute Gasteiger partial charge is 0.338 e. The molecule has 0 radical (unpaired) electrons. The normalized spacial score (nSPS) is 24.9. The van der Waals surface area contributed by atoms with E-state index in [4.69, 9.17) is 10.3 Å². The first-order chi connectivity index (χ1) is 6.77. The molecule has 1 aromatic rings. The lowest BCUT2D eigenvalue weighted by Gasteiger charge is -2.17. The number of thioether (sulfide) groups is 1. The topological polar surface area (TPSA) is 64.9 Å². The number of nitrogens with two attached hydrogens (primary N) is 1. The summed E-state index contributed by atoms with van der Waals surface area (Å²) in [6.07, 6.45) is 3.72. The van der Waals surface area contributed by atoms with Crippen LogP contribution in [0.2, 0.25) is 0 Å². The molecule has 0 spiro atoms. The van der Waals surface area contributed by atoms with Gasteiger partial charge in [0.1, 0.15) is 0 Å². The van der Waals surface area contributed by atoms with Crippen LogP contribution in [0.15, 0.2) is 4.52 Å². The Hall–Kier alpha value is -0.550. The van der Waals surface area contributed by atoms with Gasteiger partial charge in [0.25, 0.3) is 0 Å². The Morgan fingerprint density at radius 2 is 2.43 bits per heavy atom. The molecule has 1 aromatic heterocycles. The molecule has 2 unspecified atom stereocenters. The average Bonchev–Trinajstić information content (AvgIpc) is 2.68. The molecule has 0 amide bonds. The zero-order chi connectivity index (χ0) is 9.97. The molecule has 0 bridgehead atoms. The second-order valence-corrected chi connectivity index (χ2v) is 4.95. The number of rotatable bonds is 2. The zero-order valence-electron chi connectivity index (χ0n) is 8.27. The maximum absolute atomic E-state index is 5.65. The summed E-state index contributed by atoms with van der Waals surface area (Å²) in [6.45, 7) is 1.85. The minimum absolute atomic E-state index is 0.162. The zero-order valence-corrected chi connectivity index (χ0v) is 9.09. The number of hydrogen-bond acceptors (Lipinski definition) is 5. The van der Waals surface area contributed by atoms with Crippen LogP contribution in [0.25, 0.3) is 0 Å². The fourth-order valence-electron chi connectivity index (χ4n) is 1.51. The molecule has 14 heavy (non-hydrogen) atoms. The molecule has 0 saturated carbocycles. The first-order valence-corrected chi connectivity index (χ1v) is 6.03. The number of aromatic nitrogens is 2. The Bertz CT molecular complexity index is 294. The summed E-state index contributed by atoms with van der Waals surface area (Å²) in [6, 6.07) is -0.162. The highest BCUT2D eigenvalue weighted by molar-refractivity contribution is 7.99. The summed E-state index contributed by atoms with van der Waals surface area (Å²) in [5.41, 5.74) is 5.65. The van der Waals surface area contributed by atoms with E-state index in [1.165, 1.54) is 18.6 Å². The van der Waals surface area contributed by atoms with Crippen molar-refractivity contribution in [1.82, 2.24) is 10.1 Å². The van der Waals surface area contributed by atoms with Crippen LogP contribution in [0.1, 0.15) is 49.2 Å². The Morgan fingerprint density at radius 3 is 3.00 bits per heavy atom. The molecule has 1 saturated heterocycles.